The molecule has 5 rings (SSSR count). The van der Waals surface area contributed by atoms with Gasteiger partial charge in [-0.15, -0.1) is 0 Å². The largest absolute Gasteiger partial charge is 0.468 e. The van der Waals surface area contributed by atoms with Crippen molar-refractivity contribution in [2.24, 2.45) is 5.73 Å². The average molecular weight is 641 g/mol. The lowest BCUT2D eigenvalue weighted by atomic mass is 9.90. The summed E-state index contributed by atoms with van der Waals surface area (Å²) in [5.74, 6) is -2.26. The number of rotatable bonds is 10. The van der Waals surface area contributed by atoms with Crippen molar-refractivity contribution < 1.29 is 27.5 Å². The average Bonchev–Trinajstić information content (AvgIpc) is 3.07. The Kier molecular flexibility index (Phi) is 9.42. The van der Waals surface area contributed by atoms with Crippen LogP contribution in [0.15, 0.2) is 95.7 Å². The summed E-state index contributed by atoms with van der Waals surface area (Å²) in [7, 11) is -3.17. The minimum absolute atomic E-state index is 0.0833. The van der Waals surface area contributed by atoms with E-state index in [1.54, 1.807) is 48.5 Å². The Bertz CT molecular complexity index is 1960. The molecule has 0 aliphatic heterocycles. The number of carbonyl (C=O) groups is 3. The van der Waals surface area contributed by atoms with Crippen molar-refractivity contribution in [2.75, 3.05) is 20.2 Å². The number of hydrogen-bond donors (Lipinski definition) is 3. The highest BCUT2D eigenvalue weighted by Crippen LogP contribution is 2.33. The Balaban J connectivity index is 1.53. The highest BCUT2D eigenvalue weighted by atomic mass is 32.2. The number of sulfonamides is 1. The first kappa shape index (κ1) is 31.9. The number of hydrogen-bond acceptors (Lipinski definition) is 8. The number of benzene rings is 3. The van der Waals surface area contributed by atoms with E-state index in [1.807, 2.05) is 30.3 Å². The van der Waals surface area contributed by atoms with E-state index in [0.717, 1.165) is 9.87 Å². The Hall–Kier alpha value is -5.56. The first-order valence-electron chi connectivity index (χ1n) is 14.3. The topological polar surface area (TPSA) is 176 Å². The zero-order chi connectivity index (χ0) is 32.8. The van der Waals surface area contributed by atoms with Gasteiger partial charge >= 0.3 is 5.97 Å². The number of carbonyl (C=O) groups excluding carboxylic acids is 3. The molecule has 0 radical (unpaired) electrons. The molecule has 0 unspecified atom stereocenters. The Morgan fingerprint density at radius 3 is 2.46 bits per heavy atom. The SMILES string of the molecule is COC(=O)CNC(=O)CN(C1=Cc2cccc(C(=O)N(Cc3ccccc3)C(=N)N)c2CC1)S(=O)(=O)c1cccc2cccnc12. The maximum Gasteiger partial charge on any atom is 0.325 e. The van der Waals surface area contributed by atoms with Crippen LogP contribution < -0.4 is 11.1 Å². The van der Waals surface area contributed by atoms with Crippen molar-refractivity contribution in [3.05, 3.63) is 113 Å². The predicted octanol–water partition coefficient (Wildman–Crippen LogP) is 3.04. The molecular weight excluding hydrogens is 608 g/mol. The number of guanidine groups is 1. The molecule has 0 saturated heterocycles. The molecule has 2 amide bonds. The van der Waals surface area contributed by atoms with Gasteiger partial charge in [0, 0.05) is 22.8 Å². The first-order valence-corrected chi connectivity index (χ1v) is 15.8. The third-order valence-electron chi connectivity index (χ3n) is 7.54. The summed E-state index contributed by atoms with van der Waals surface area (Å²) in [5, 5.41) is 11.1. The fraction of sp³-hybridized carbons (Fsp3) is 0.182. The molecule has 0 fully saturated rings. The van der Waals surface area contributed by atoms with Crippen molar-refractivity contribution in [2.45, 2.75) is 24.3 Å². The zero-order valence-corrected chi connectivity index (χ0v) is 25.8. The minimum Gasteiger partial charge on any atom is -0.468 e. The predicted molar refractivity (Wildman–Crippen MR) is 172 cm³/mol. The van der Waals surface area contributed by atoms with E-state index in [4.69, 9.17) is 11.1 Å². The number of ether oxygens (including phenoxy) is 1. The summed E-state index contributed by atoms with van der Waals surface area (Å²) in [5.41, 5.74) is 8.77. The molecule has 3 aromatic carbocycles. The van der Waals surface area contributed by atoms with Crippen molar-refractivity contribution in [1.82, 2.24) is 19.5 Å². The number of fused-ring (bicyclic) bond motifs is 2. The van der Waals surface area contributed by atoms with Crippen molar-refractivity contribution in [3.63, 3.8) is 0 Å². The van der Waals surface area contributed by atoms with Crippen LogP contribution in [0.4, 0.5) is 0 Å². The van der Waals surface area contributed by atoms with E-state index in [9.17, 15) is 22.8 Å². The number of para-hydroxylation sites is 1. The van der Waals surface area contributed by atoms with E-state index < -0.39 is 46.9 Å². The van der Waals surface area contributed by atoms with E-state index in [-0.39, 0.29) is 29.8 Å². The van der Waals surface area contributed by atoms with Crippen molar-refractivity contribution in [3.8, 4) is 0 Å². The van der Waals surface area contributed by atoms with Gasteiger partial charge in [-0.05, 0) is 53.8 Å². The second-order valence-electron chi connectivity index (χ2n) is 10.5. The molecule has 0 bridgehead atoms. The van der Waals surface area contributed by atoms with Crippen LogP contribution in [0.1, 0.15) is 33.5 Å². The minimum atomic E-state index is -4.35. The van der Waals surface area contributed by atoms with Crippen LogP contribution >= 0.6 is 0 Å². The van der Waals surface area contributed by atoms with Gasteiger partial charge in [-0.1, -0.05) is 60.7 Å². The van der Waals surface area contributed by atoms with Gasteiger partial charge in [0.05, 0.1) is 19.2 Å². The number of allylic oxidation sites excluding steroid dienone is 1. The van der Waals surface area contributed by atoms with Crippen LogP contribution in [-0.4, -0.2) is 66.5 Å². The summed E-state index contributed by atoms with van der Waals surface area (Å²) in [6.07, 6.45) is 3.56. The lowest BCUT2D eigenvalue weighted by Gasteiger charge is -2.30. The first-order chi connectivity index (χ1) is 22.1. The summed E-state index contributed by atoms with van der Waals surface area (Å²) < 4.78 is 34.1. The smallest absolute Gasteiger partial charge is 0.325 e. The molecule has 4 aromatic rings. The zero-order valence-electron chi connectivity index (χ0n) is 25.0. The number of pyridine rings is 1. The van der Waals surface area contributed by atoms with Gasteiger partial charge < -0.3 is 15.8 Å². The van der Waals surface area contributed by atoms with Gasteiger partial charge in [0.1, 0.15) is 18.0 Å². The van der Waals surface area contributed by atoms with Crippen LogP contribution in [0, 0.1) is 5.41 Å². The molecule has 13 heteroatoms. The highest BCUT2D eigenvalue weighted by Gasteiger charge is 2.33. The van der Waals surface area contributed by atoms with E-state index >= 15 is 0 Å². The number of nitrogens with two attached hydrogens (primary N) is 1. The van der Waals surface area contributed by atoms with Crippen LogP contribution in [-0.2, 0) is 37.3 Å². The number of nitrogens with one attached hydrogen (secondary N) is 2. The standard InChI is InChI=1S/C33H32N6O6S/c1-45-30(41)19-37-29(40)21-39(46(43,44)28-14-6-10-23-12-7-17-36-31(23)28)25-15-16-26-24(18-25)11-5-13-27(26)32(42)38(33(34)35)20-22-8-3-2-4-9-22/h2-14,17-18H,15-16,19-21H2,1H3,(H3,34,35)(H,37,40). The van der Waals surface area contributed by atoms with Gasteiger partial charge in [0.15, 0.2) is 5.96 Å². The fourth-order valence-electron chi connectivity index (χ4n) is 5.27. The van der Waals surface area contributed by atoms with Crippen molar-refractivity contribution in [1.29, 1.82) is 5.41 Å². The maximum atomic E-state index is 14.3. The molecule has 0 saturated carbocycles. The number of nitrogens with zero attached hydrogens (tertiary/aromatic N) is 3. The third kappa shape index (κ3) is 6.74. The second kappa shape index (κ2) is 13.6. The van der Waals surface area contributed by atoms with Crippen molar-refractivity contribution >= 4 is 50.7 Å². The monoisotopic (exact) mass is 640 g/mol. The summed E-state index contributed by atoms with van der Waals surface area (Å²) in [6, 6.07) is 22.5. The third-order valence-corrected chi connectivity index (χ3v) is 9.37. The molecule has 0 atom stereocenters. The normalized spacial score (nSPS) is 12.4. The molecule has 1 heterocycles. The van der Waals surface area contributed by atoms with Gasteiger partial charge in [-0.25, -0.2) is 8.42 Å². The van der Waals surface area contributed by atoms with Gasteiger partial charge in [-0.3, -0.25) is 34.0 Å². The lowest BCUT2D eigenvalue weighted by Crippen LogP contribution is -2.42. The summed E-state index contributed by atoms with van der Waals surface area (Å²) in [4.78, 5) is 43.7. The number of esters is 1. The van der Waals surface area contributed by atoms with E-state index in [1.165, 1.54) is 24.3 Å². The van der Waals surface area contributed by atoms with Gasteiger partial charge in [-0.2, -0.15) is 0 Å². The van der Waals surface area contributed by atoms with Crippen LogP contribution in [0.25, 0.3) is 17.0 Å². The molecule has 4 N–H and O–H groups in total. The van der Waals surface area contributed by atoms with Gasteiger partial charge in [0.25, 0.3) is 15.9 Å². The number of methoxy groups -OCH3 is 1. The second-order valence-corrected chi connectivity index (χ2v) is 12.3. The molecule has 46 heavy (non-hydrogen) atoms. The lowest BCUT2D eigenvalue weighted by molar-refractivity contribution is -0.141. The maximum absolute atomic E-state index is 14.3. The Labute approximate surface area is 266 Å². The molecule has 1 aliphatic carbocycles. The molecule has 12 nitrogen and oxygen atoms in total. The highest BCUT2D eigenvalue weighted by molar-refractivity contribution is 7.89. The Morgan fingerprint density at radius 2 is 1.72 bits per heavy atom. The summed E-state index contributed by atoms with van der Waals surface area (Å²) in [6.45, 7) is -0.939. The van der Waals surface area contributed by atoms with Crippen LogP contribution in [0.2, 0.25) is 0 Å². The molecule has 1 aromatic heterocycles. The fourth-order valence-corrected chi connectivity index (χ4v) is 6.91. The quantitative estimate of drug-likeness (QED) is 0.135. The molecule has 236 valence electrons. The summed E-state index contributed by atoms with van der Waals surface area (Å²) >= 11 is 0. The van der Waals surface area contributed by atoms with E-state index in [2.05, 4.69) is 15.0 Å². The Morgan fingerprint density at radius 1 is 0.978 bits per heavy atom. The molecule has 0 spiro atoms. The molecular formula is C33H32N6O6S. The van der Waals surface area contributed by atoms with Gasteiger partial charge in [0.2, 0.25) is 5.91 Å². The number of aromatic nitrogens is 1. The number of amides is 2. The molecule has 1 aliphatic rings. The van der Waals surface area contributed by atoms with Crippen LogP contribution in [0.3, 0.4) is 0 Å². The van der Waals surface area contributed by atoms with E-state index in [0.29, 0.717) is 27.8 Å². The van der Waals surface area contributed by atoms with Crippen LogP contribution in [0.5, 0.6) is 0 Å².